The Morgan fingerprint density at radius 1 is 1.26 bits per heavy atom. The SMILES string of the molecule is CN(C)C(=O)C[C@H]1CC[C@@H]2[C@H](COC[C@H](O)CN2C(=O)c2ccncc2)O1. The fourth-order valence-corrected chi connectivity index (χ4v) is 3.61. The van der Waals surface area contributed by atoms with Crippen LogP contribution in [0.3, 0.4) is 0 Å². The zero-order valence-electron chi connectivity index (χ0n) is 15.8. The van der Waals surface area contributed by atoms with Crippen molar-refractivity contribution < 1.29 is 24.2 Å². The third-order valence-electron chi connectivity index (χ3n) is 5.07. The second-order valence-electron chi connectivity index (χ2n) is 7.32. The number of hydrogen-bond acceptors (Lipinski definition) is 6. The van der Waals surface area contributed by atoms with Crippen LogP contribution >= 0.6 is 0 Å². The summed E-state index contributed by atoms with van der Waals surface area (Å²) in [4.78, 5) is 32.3. The Morgan fingerprint density at radius 3 is 2.70 bits per heavy atom. The smallest absolute Gasteiger partial charge is 0.254 e. The predicted octanol–water partition coefficient (Wildman–Crippen LogP) is 0.309. The lowest BCUT2D eigenvalue weighted by Gasteiger charge is -2.44. The van der Waals surface area contributed by atoms with Gasteiger partial charge in [0, 0.05) is 38.6 Å². The molecule has 1 aromatic heterocycles. The third kappa shape index (κ3) is 4.82. The first-order valence-corrected chi connectivity index (χ1v) is 9.28. The molecule has 2 saturated heterocycles. The zero-order chi connectivity index (χ0) is 19.4. The number of aliphatic hydroxyl groups excluding tert-OH is 1. The number of carbonyl (C=O) groups is 2. The van der Waals surface area contributed by atoms with Gasteiger partial charge in [-0.05, 0) is 25.0 Å². The summed E-state index contributed by atoms with van der Waals surface area (Å²) in [5, 5.41) is 10.2. The Kier molecular flexibility index (Phi) is 6.41. The minimum Gasteiger partial charge on any atom is -0.389 e. The first-order chi connectivity index (χ1) is 13.0. The van der Waals surface area contributed by atoms with Gasteiger partial charge in [0.15, 0.2) is 0 Å². The molecule has 2 fully saturated rings. The van der Waals surface area contributed by atoms with E-state index in [9.17, 15) is 14.7 Å². The van der Waals surface area contributed by atoms with Crippen LogP contribution < -0.4 is 0 Å². The molecule has 2 amide bonds. The summed E-state index contributed by atoms with van der Waals surface area (Å²) in [5.41, 5.74) is 0.530. The molecule has 2 aliphatic rings. The third-order valence-corrected chi connectivity index (χ3v) is 5.07. The van der Waals surface area contributed by atoms with Crippen molar-refractivity contribution in [2.24, 2.45) is 0 Å². The van der Waals surface area contributed by atoms with E-state index in [2.05, 4.69) is 4.98 Å². The summed E-state index contributed by atoms with van der Waals surface area (Å²) in [6.07, 6.45) is 3.59. The van der Waals surface area contributed by atoms with Crippen LogP contribution in [0.4, 0.5) is 0 Å². The van der Waals surface area contributed by atoms with E-state index in [0.29, 0.717) is 24.8 Å². The Morgan fingerprint density at radius 2 is 2.00 bits per heavy atom. The molecule has 3 heterocycles. The van der Waals surface area contributed by atoms with Crippen LogP contribution in [0.5, 0.6) is 0 Å². The minimum atomic E-state index is -0.746. The second-order valence-corrected chi connectivity index (χ2v) is 7.32. The van der Waals surface area contributed by atoms with Gasteiger partial charge in [0.2, 0.25) is 5.91 Å². The van der Waals surface area contributed by atoms with Gasteiger partial charge in [0.25, 0.3) is 5.91 Å². The highest BCUT2D eigenvalue weighted by molar-refractivity contribution is 5.94. The molecule has 0 bridgehead atoms. The summed E-state index contributed by atoms with van der Waals surface area (Å²) >= 11 is 0. The standard InChI is InChI=1S/C19H27N3O5/c1-21(2)18(24)9-15-3-4-16-17(27-15)12-26-11-14(23)10-22(16)19(25)13-5-7-20-8-6-13/h5-8,14-17,23H,3-4,9-12H2,1-2H3/t14-,15-,16-,17+/m1/s1. The zero-order valence-corrected chi connectivity index (χ0v) is 15.8. The molecule has 1 aromatic rings. The van der Waals surface area contributed by atoms with Gasteiger partial charge >= 0.3 is 0 Å². The molecule has 1 N–H and O–H groups in total. The maximum absolute atomic E-state index is 13.0. The Hall–Kier alpha value is -2.03. The van der Waals surface area contributed by atoms with Crippen LogP contribution in [0, 0.1) is 0 Å². The van der Waals surface area contributed by atoms with Crippen molar-refractivity contribution in [3.05, 3.63) is 30.1 Å². The Labute approximate surface area is 159 Å². The number of nitrogens with zero attached hydrogens (tertiary/aromatic N) is 3. The molecule has 8 nitrogen and oxygen atoms in total. The number of ether oxygens (including phenoxy) is 2. The van der Waals surface area contributed by atoms with Crippen molar-refractivity contribution >= 4 is 11.8 Å². The first kappa shape index (κ1) is 19.7. The van der Waals surface area contributed by atoms with E-state index in [1.165, 1.54) is 0 Å². The number of aliphatic hydroxyl groups is 1. The summed E-state index contributed by atoms with van der Waals surface area (Å²) in [6.45, 7) is 0.621. The number of amides is 2. The molecule has 0 aromatic carbocycles. The fraction of sp³-hybridized carbons (Fsp3) is 0.632. The molecule has 0 saturated carbocycles. The molecular weight excluding hydrogens is 350 g/mol. The molecular formula is C19H27N3O5. The Bertz CT molecular complexity index is 654. The molecule has 8 heteroatoms. The van der Waals surface area contributed by atoms with Crippen molar-refractivity contribution in [1.82, 2.24) is 14.8 Å². The van der Waals surface area contributed by atoms with E-state index in [-0.39, 0.29) is 49.8 Å². The van der Waals surface area contributed by atoms with Gasteiger partial charge in [-0.1, -0.05) is 0 Å². The molecule has 0 unspecified atom stereocenters. The quantitative estimate of drug-likeness (QED) is 0.815. The lowest BCUT2D eigenvalue weighted by Crippen LogP contribution is -2.57. The van der Waals surface area contributed by atoms with Gasteiger partial charge in [-0.3, -0.25) is 14.6 Å². The normalized spacial score (nSPS) is 28.6. The van der Waals surface area contributed by atoms with E-state index in [1.807, 2.05) is 0 Å². The van der Waals surface area contributed by atoms with E-state index in [1.54, 1.807) is 48.4 Å². The van der Waals surface area contributed by atoms with Crippen molar-refractivity contribution in [2.75, 3.05) is 33.9 Å². The molecule has 3 rings (SSSR count). The number of carbonyl (C=O) groups excluding carboxylic acids is 2. The number of rotatable bonds is 3. The van der Waals surface area contributed by atoms with Gasteiger partial charge in [-0.2, -0.15) is 0 Å². The van der Waals surface area contributed by atoms with E-state index in [0.717, 1.165) is 0 Å². The summed E-state index contributed by atoms with van der Waals surface area (Å²) in [7, 11) is 3.45. The second kappa shape index (κ2) is 8.77. The van der Waals surface area contributed by atoms with Crippen molar-refractivity contribution in [3.63, 3.8) is 0 Å². The van der Waals surface area contributed by atoms with Crippen LogP contribution in [0.2, 0.25) is 0 Å². The molecule has 2 aliphatic heterocycles. The number of aromatic nitrogens is 1. The monoisotopic (exact) mass is 377 g/mol. The first-order valence-electron chi connectivity index (χ1n) is 9.28. The highest BCUT2D eigenvalue weighted by Crippen LogP contribution is 2.29. The van der Waals surface area contributed by atoms with Crippen LogP contribution in [-0.4, -0.2) is 89.9 Å². The minimum absolute atomic E-state index is 0.0188. The molecule has 0 aliphatic carbocycles. The predicted molar refractivity (Wildman–Crippen MR) is 97.1 cm³/mol. The molecule has 27 heavy (non-hydrogen) atoms. The molecule has 4 atom stereocenters. The molecule has 0 radical (unpaired) electrons. The van der Waals surface area contributed by atoms with Crippen LogP contribution in [0.1, 0.15) is 29.6 Å². The molecule has 148 valence electrons. The summed E-state index contributed by atoms with van der Waals surface area (Å²) < 4.78 is 11.7. The van der Waals surface area contributed by atoms with E-state index >= 15 is 0 Å². The highest BCUT2D eigenvalue weighted by Gasteiger charge is 2.40. The average molecular weight is 377 g/mol. The number of fused-ring (bicyclic) bond motifs is 1. The maximum atomic E-state index is 13.0. The van der Waals surface area contributed by atoms with Crippen molar-refractivity contribution in [2.45, 2.75) is 43.6 Å². The van der Waals surface area contributed by atoms with Gasteiger partial charge in [0.05, 0.1) is 37.9 Å². The van der Waals surface area contributed by atoms with Crippen LogP contribution in [0.15, 0.2) is 24.5 Å². The Balaban J connectivity index is 1.76. The average Bonchev–Trinajstić information content (AvgIpc) is 2.65. The van der Waals surface area contributed by atoms with Crippen molar-refractivity contribution in [3.8, 4) is 0 Å². The lowest BCUT2D eigenvalue weighted by atomic mass is 9.94. The van der Waals surface area contributed by atoms with Crippen LogP contribution in [0.25, 0.3) is 0 Å². The molecule has 0 spiro atoms. The summed E-state index contributed by atoms with van der Waals surface area (Å²) in [6, 6.07) is 3.13. The maximum Gasteiger partial charge on any atom is 0.254 e. The number of pyridine rings is 1. The van der Waals surface area contributed by atoms with Crippen LogP contribution in [-0.2, 0) is 14.3 Å². The lowest BCUT2D eigenvalue weighted by molar-refractivity contribution is -0.154. The number of β-amino-alcohol motifs (C(OH)–C–C–N with tert-alkyl or cyclic N) is 1. The van der Waals surface area contributed by atoms with Crippen molar-refractivity contribution in [1.29, 1.82) is 0 Å². The van der Waals surface area contributed by atoms with Gasteiger partial charge < -0.3 is 24.4 Å². The van der Waals surface area contributed by atoms with E-state index in [4.69, 9.17) is 9.47 Å². The fourth-order valence-electron chi connectivity index (χ4n) is 3.61. The topological polar surface area (TPSA) is 92.2 Å². The van der Waals surface area contributed by atoms with Gasteiger partial charge in [-0.25, -0.2) is 0 Å². The summed E-state index contributed by atoms with van der Waals surface area (Å²) in [5.74, 6) is -0.134. The largest absolute Gasteiger partial charge is 0.389 e. The number of hydrogen-bond donors (Lipinski definition) is 1. The van der Waals surface area contributed by atoms with Gasteiger partial charge in [0.1, 0.15) is 6.10 Å². The highest BCUT2D eigenvalue weighted by atomic mass is 16.5. The van der Waals surface area contributed by atoms with E-state index < -0.39 is 6.10 Å². The van der Waals surface area contributed by atoms with Gasteiger partial charge in [-0.15, -0.1) is 0 Å².